The number of likely N-dealkylation sites (N-methyl/N-ethyl adjacent to an activating group) is 1. The number of fused-ring (bicyclic) bond motifs is 1. The van der Waals surface area contributed by atoms with Crippen LogP contribution in [0.25, 0.3) is 0 Å². The Labute approximate surface area is 232 Å². The number of rotatable bonds is 8. The van der Waals surface area contributed by atoms with Crippen molar-refractivity contribution < 1.29 is 23.2 Å². The first-order chi connectivity index (χ1) is 18.2. The molecular weight excluding hydrogens is 526 g/mol. The summed E-state index contributed by atoms with van der Waals surface area (Å²) in [6.45, 7) is 3.60. The van der Waals surface area contributed by atoms with Crippen molar-refractivity contribution in [3.05, 3.63) is 101 Å². The van der Waals surface area contributed by atoms with Crippen molar-refractivity contribution in [3.8, 4) is 0 Å². The summed E-state index contributed by atoms with van der Waals surface area (Å²) in [5.74, 6) is -3.90. The van der Waals surface area contributed by atoms with Crippen molar-refractivity contribution in [2.75, 3.05) is 12.4 Å². The molecule has 1 unspecified atom stereocenters. The Morgan fingerprint density at radius 2 is 1.51 bits per heavy atom. The van der Waals surface area contributed by atoms with E-state index in [2.05, 4.69) is 16.0 Å². The van der Waals surface area contributed by atoms with Crippen LogP contribution < -0.4 is 16.0 Å². The molecule has 1 aliphatic rings. The Balaban J connectivity index is 0.00000420. The minimum absolute atomic E-state index is 0. The highest BCUT2D eigenvalue weighted by atomic mass is 35.5. The highest BCUT2D eigenvalue weighted by Crippen LogP contribution is 2.36. The standard InChI is InChI=1S/C29H30F2N4O3.ClH/c1-17(19-10-5-4-6-11-19)24(33-27(36)18(2)32-3)29(38)35-16-20-12-7-8-13-21(20)26(35)28(37)34-25-22(30)14-9-15-23(25)31;/h4-15,17-18,24,26,32H,16H2,1-3H3,(H,33,36)(H,34,37);1H/t17-,18?,24-,26-;/m0./s1. The van der Waals surface area contributed by atoms with E-state index in [-0.39, 0.29) is 24.9 Å². The molecule has 3 N–H and O–H groups in total. The van der Waals surface area contributed by atoms with Gasteiger partial charge in [-0.25, -0.2) is 8.78 Å². The van der Waals surface area contributed by atoms with E-state index < -0.39 is 53.2 Å². The molecule has 0 saturated carbocycles. The summed E-state index contributed by atoms with van der Waals surface area (Å²) in [7, 11) is 1.64. The van der Waals surface area contributed by atoms with Crippen molar-refractivity contribution >= 4 is 35.8 Å². The van der Waals surface area contributed by atoms with E-state index in [1.165, 1.54) is 11.0 Å². The van der Waals surface area contributed by atoms with Crippen LogP contribution in [0.15, 0.2) is 72.8 Å². The van der Waals surface area contributed by atoms with Crippen molar-refractivity contribution in [2.45, 2.75) is 44.4 Å². The number of anilines is 1. The lowest BCUT2D eigenvalue weighted by atomic mass is 9.91. The molecule has 39 heavy (non-hydrogen) atoms. The van der Waals surface area contributed by atoms with Gasteiger partial charge in [-0.2, -0.15) is 0 Å². The third-order valence-corrected chi connectivity index (χ3v) is 6.96. The molecule has 4 atom stereocenters. The SMILES string of the molecule is CNC(C)C(=O)N[C@H](C(=O)N1Cc2ccccc2[C@H]1C(=O)Nc1c(F)cccc1F)[C@@H](C)c1ccccc1.Cl. The normalized spacial score (nSPS) is 16.3. The molecule has 0 aromatic heterocycles. The molecule has 1 aliphatic heterocycles. The van der Waals surface area contributed by atoms with Crippen LogP contribution in [0.2, 0.25) is 0 Å². The summed E-state index contributed by atoms with van der Waals surface area (Å²) in [5.41, 5.74) is 1.53. The number of hydrogen-bond donors (Lipinski definition) is 3. The lowest BCUT2D eigenvalue weighted by molar-refractivity contribution is -0.142. The minimum atomic E-state index is -1.15. The summed E-state index contributed by atoms with van der Waals surface area (Å²) in [6.07, 6.45) is 0. The maximum Gasteiger partial charge on any atom is 0.252 e. The topological polar surface area (TPSA) is 90.5 Å². The molecule has 1 heterocycles. The maximum atomic E-state index is 14.3. The van der Waals surface area contributed by atoms with E-state index in [0.717, 1.165) is 23.3 Å². The molecule has 7 nitrogen and oxygen atoms in total. The first-order valence-electron chi connectivity index (χ1n) is 12.4. The van der Waals surface area contributed by atoms with Gasteiger partial charge in [0.05, 0.1) is 6.04 Å². The average Bonchev–Trinajstić information content (AvgIpc) is 3.32. The number of hydrogen-bond acceptors (Lipinski definition) is 4. The minimum Gasteiger partial charge on any atom is -0.342 e. The second-order valence-corrected chi connectivity index (χ2v) is 9.35. The highest BCUT2D eigenvalue weighted by molar-refractivity contribution is 6.00. The van der Waals surface area contributed by atoms with Gasteiger partial charge in [-0.05, 0) is 42.8 Å². The van der Waals surface area contributed by atoms with E-state index in [0.29, 0.717) is 5.56 Å². The van der Waals surface area contributed by atoms with Crippen LogP contribution in [0.3, 0.4) is 0 Å². The summed E-state index contributed by atoms with van der Waals surface area (Å²) in [4.78, 5) is 41.9. The first-order valence-corrected chi connectivity index (χ1v) is 12.4. The van der Waals surface area contributed by atoms with Gasteiger partial charge in [0.15, 0.2) is 0 Å². The van der Waals surface area contributed by atoms with E-state index in [4.69, 9.17) is 0 Å². The van der Waals surface area contributed by atoms with Gasteiger partial charge in [0, 0.05) is 12.5 Å². The largest absolute Gasteiger partial charge is 0.342 e. The molecular formula is C29H31ClF2N4O3. The predicted molar refractivity (Wildman–Crippen MR) is 147 cm³/mol. The van der Waals surface area contributed by atoms with Crippen LogP contribution in [0.4, 0.5) is 14.5 Å². The monoisotopic (exact) mass is 556 g/mol. The van der Waals surface area contributed by atoms with Crippen molar-refractivity contribution in [3.63, 3.8) is 0 Å². The molecule has 3 aromatic carbocycles. The number of amides is 3. The molecule has 0 bridgehead atoms. The molecule has 3 amide bonds. The van der Waals surface area contributed by atoms with Crippen LogP contribution in [-0.2, 0) is 20.9 Å². The van der Waals surface area contributed by atoms with Gasteiger partial charge in [0.1, 0.15) is 29.4 Å². The van der Waals surface area contributed by atoms with Gasteiger partial charge in [-0.15, -0.1) is 12.4 Å². The molecule has 10 heteroatoms. The molecule has 0 spiro atoms. The zero-order chi connectivity index (χ0) is 27.4. The fraction of sp³-hybridized carbons (Fsp3) is 0.276. The predicted octanol–water partition coefficient (Wildman–Crippen LogP) is 4.31. The van der Waals surface area contributed by atoms with Crippen LogP contribution >= 0.6 is 12.4 Å². The number of nitrogens with one attached hydrogen (secondary N) is 3. The van der Waals surface area contributed by atoms with Crippen molar-refractivity contribution in [1.82, 2.24) is 15.5 Å². The van der Waals surface area contributed by atoms with Crippen LogP contribution in [0.1, 0.15) is 42.5 Å². The summed E-state index contributed by atoms with van der Waals surface area (Å²) >= 11 is 0. The molecule has 0 fully saturated rings. The van der Waals surface area contributed by atoms with Gasteiger partial charge in [0.2, 0.25) is 11.8 Å². The number of halogens is 3. The summed E-state index contributed by atoms with van der Waals surface area (Å²) in [5, 5.41) is 8.05. The fourth-order valence-corrected chi connectivity index (χ4v) is 4.62. The summed E-state index contributed by atoms with van der Waals surface area (Å²) in [6, 6.07) is 16.9. The Morgan fingerprint density at radius 3 is 2.15 bits per heavy atom. The Hall–Kier alpha value is -3.82. The van der Waals surface area contributed by atoms with Crippen LogP contribution in [-0.4, -0.2) is 41.8 Å². The Morgan fingerprint density at radius 1 is 0.897 bits per heavy atom. The Kier molecular flexibility index (Phi) is 9.77. The summed E-state index contributed by atoms with van der Waals surface area (Å²) < 4.78 is 28.7. The second-order valence-electron chi connectivity index (χ2n) is 9.35. The van der Waals surface area contributed by atoms with E-state index in [9.17, 15) is 23.2 Å². The zero-order valence-electron chi connectivity index (χ0n) is 21.8. The lowest BCUT2D eigenvalue weighted by Gasteiger charge is -2.32. The number of carbonyl (C=O) groups is 3. The zero-order valence-corrected chi connectivity index (χ0v) is 22.6. The third-order valence-electron chi connectivity index (χ3n) is 6.96. The fourth-order valence-electron chi connectivity index (χ4n) is 4.62. The van der Waals surface area contributed by atoms with Gasteiger partial charge >= 0.3 is 0 Å². The van der Waals surface area contributed by atoms with Crippen LogP contribution in [0, 0.1) is 11.6 Å². The van der Waals surface area contributed by atoms with E-state index in [1.807, 2.05) is 37.3 Å². The van der Waals surface area contributed by atoms with Gasteiger partial charge < -0.3 is 20.9 Å². The average molecular weight is 557 g/mol. The molecule has 206 valence electrons. The second kappa shape index (κ2) is 12.8. The van der Waals surface area contributed by atoms with Gasteiger partial charge in [-0.3, -0.25) is 14.4 Å². The molecule has 0 saturated heterocycles. The van der Waals surface area contributed by atoms with E-state index in [1.54, 1.807) is 38.2 Å². The number of para-hydroxylation sites is 1. The van der Waals surface area contributed by atoms with Gasteiger partial charge in [0.25, 0.3) is 5.91 Å². The Bertz CT molecular complexity index is 1320. The molecule has 4 rings (SSSR count). The quantitative estimate of drug-likeness (QED) is 0.386. The molecule has 3 aromatic rings. The molecule has 0 aliphatic carbocycles. The van der Waals surface area contributed by atoms with Crippen LogP contribution in [0.5, 0.6) is 0 Å². The first kappa shape index (κ1) is 29.7. The van der Waals surface area contributed by atoms with E-state index >= 15 is 0 Å². The third kappa shape index (κ3) is 6.26. The number of benzene rings is 3. The van der Waals surface area contributed by atoms with Gasteiger partial charge in [-0.1, -0.05) is 67.6 Å². The lowest BCUT2D eigenvalue weighted by Crippen LogP contribution is -2.54. The maximum absolute atomic E-state index is 14.3. The number of nitrogens with zero attached hydrogens (tertiary/aromatic N) is 1. The molecule has 0 radical (unpaired) electrons. The van der Waals surface area contributed by atoms with Crippen molar-refractivity contribution in [2.24, 2.45) is 0 Å². The highest BCUT2D eigenvalue weighted by Gasteiger charge is 2.43. The van der Waals surface area contributed by atoms with Crippen molar-refractivity contribution in [1.29, 1.82) is 0 Å². The number of carbonyl (C=O) groups excluding carboxylic acids is 3. The smallest absolute Gasteiger partial charge is 0.252 e.